The molecule has 0 saturated carbocycles. The summed E-state index contributed by atoms with van der Waals surface area (Å²) in [5, 5.41) is 15.5. The Balaban J connectivity index is 2.02. The summed E-state index contributed by atoms with van der Waals surface area (Å²) in [6, 6.07) is 0.773. The standard InChI is InChI=1S/C22H25NO6/c1-6-10(2)18(21(25)26)23-17(24)8-16-12(4)15-7-14-11(3)9-28-19(14)13(5)20(15)29-22(16)27/h7,9-10,18H,6,8H2,1-5H3,(H,23,24)(H,25,26)/p-1/t10-,18+/m1/s1. The van der Waals surface area contributed by atoms with Crippen LogP contribution in [0, 0.1) is 26.7 Å². The number of carboxylic acids is 1. The summed E-state index contributed by atoms with van der Waals surface area (Å²) >= 11 is 0. The Labute approximate surface area is 167 Å². The second-order valence-electron chi connectivity index (χ2n) is 7.59. The normalized spacial score (nSPS) is 13.6. The van der Waals surface area contributed by atoms with E-state index in [1.165, 1.54) is 0 Å². The first-order valence-electron chi connectivity index (χ1n) is 9.59. The lowest BCUT2D eigenvalue weighted by atomic mass is 9.97. The summed E-state index contributed by atoms with van der Waals surface area (Å²) in [7, 11) is 0. The number of rotatable bonds is 6. The Hall–Kier alpha value is -3.09. The van der Waals surface area contributed by atoms with Gasteiger partial charge in [-0.3, -0.25) is 4.79 Å². The molecule has 0 fully saturated rings. The number of hydrogen-bond acceptors (Lipinski definition) is 6. The van der Waals surface area contributed by atoms with Gasteiger partial charge in [-0.15, -0.1) is 0 Å². The molecule has 3 rings (SSSR count). The molecule has 1 N–H and O–H groups in total. The van der Waals surface area contributed by atoms with E-state index in [1.807, 2.05) is 26.8 Å². The fourth-order valence-electron chi connectivity index (χ4n) is 3.58. The van der Waals surface area contributed by atoms with Gasteiger partial charge in [0.2, 0.25) is 5.91 Å². The molecule has 0 aliphatic heterocycles. The molecule has 3 aromatic rings. The van der Waals surface area contributed by atoms with Crippen molar-refractivity contribution in [1.29, 1.82) is 0 Å². The average molecular weight is 398 g/mol. The third-order valence-corrected chi connectivity index (χ3v) is 5.66. The smallest absolute Gasteiger partial charge is 0.340 e. The lowest BCUT2D eigenvalue weighted by Crippen LogP contribution is -2.51. The Kier molecular flexibility index (Phi) is 5.50. The highest BCUT2D eigenvalue weighted by Crippen LogP contribution is 2.32. The van der Waals surface area contributed by atoms with Crippen molar-refractivity contribution in [2.75, 3.05) is 0 Å². The molecule has 1 amide bonds. The molecule has 0 aliphatic rings. The van der Waals surface area contributed by atoms with Gasteiger partial charge in [0.1, 0.15) is 11.2 Å². The monoisotopic (exact) mass is 398 g/mol. The van der Waals surface area contributed by atoms with E-state index >= 15 is 0 Å². The summed E-state index contributed by atoms with van der Waals surface area (Å²) in [5.74, 6) is -2.20. The molecule has 2 aromatic heterocycles. The fraction of sp³-hybridized carbons (Fsp3) is 0.409. The number of hydrogen-bond donors (Lipinski definition) is 1. The zero-order valence-electron chi connectivity index (χ0n) is 17.2. The van der Waals surface area contributed by atoms with Crippen LogP contribution in [0.2, 0.25) is 0 Å². The van der Waals surface area contributed by atoms with Crippen LogP contribution in [0.5, 0.6) is 0 Å². The summed E-state index contributed by atoms with van der Waals surface area (Å²) in [5.41, 5.74) is 2.97. The number of amides is 1. The largest absolute Gasteiger partial charge is 0.548 e. The number of benzene rings is 1. The SMILES string of the molecule is CC[C@@H](C)[C@H](NC(=O)Cc1c(C)c2cc3c(C)coc3c(C)c2oc1=O)C(=O)[O-]. The molecule has 7 heteroatoms. The topological polar surface area (TPSA) is 113 Å². The van der Waals surface area contributed by atoms with Crippen LogP contribution in [0.15, 0.2) is 26.0 Å². The number of nitrogens with one attached hydrogen (secondary N) is 1. The van der Waals surface area contributed by atoms with Gasteiger partial charge in [0.05, 0.1) is 30.3 Å². The van der Waals surface area contributed by atoms with Crippen molar-refractivity contribution in [3.8, 4) is 0 Å². The first kappa shape index (κ1) is 20.6. The average Bonchev–Trinajstić information content (AvgIpc) is 3.04. The lowest BCUT2D eigenvalue weighted by molar-refractivity contribution is -0.309. The highest BCUT2D eigenvalue weighted by atomic mass is 16.4. The minimum atomic E-state index is -1.34. The van der Waals surface area contributed by atoms with Crippen molar-refractivity contribution in [3.63, 3.8) is 0 Å². The number of carbonyl (C=O) groups is 2. The van der Waals surface area contributed by atoms with Crippen LogP contribution >= 0.6 is 0 Å². The van der Waals surface area contributed by atoms with Gasteiger partial charge in [0.25, 0.3) is 0 Å². The van der Waals surface area contributed by atoms with Crippen LogP contribution in [-0.2, 0) is 16.0 Å². The highest BCUT2D eigenvalue weighted by Gasteiger charge is 2.23. The highest BCUT2D eigenvalue weighted by molar-refractivity contribution is 6.00. The maximum absolute atomic E-state index is 12.6. The molecule has 0 aliphatic carbocycles. The molecule has 0 saturated heterocycles. The molecule has 0 unspecified atom stereocenters. The predicted molar refractivity (Wildman–Crippen MR) is 107 cm³/mol. The molecule has 0 spiro atoms. The van der Waals surface area contributed by atoms with Gasteiger partial charge < -0.3 is 24.1 Å². The quantitative estimate of drug-likeness (QED) is 0.638. The van der Waals surface area contributed by atoms with E-state index in [0.29, 0.717) is 23.2 Å². The van der Waals surface area contributed by atoms with Gasteiger partial charge in [-0.1, -0.05) is 20.3 Å². The number of carbonyl (C=O) groups excluding carboxylic acids is 2. The van der Waals surface area contributed by atoms with Crippen LogP contribution in [0.3, 0.4) is 0 Å². The maximum Gasteiger partial charge on any atom is 0.340 e. The van der Waals surface area contributed by atoms with Crippen LogP contribution in [-0.4, -0.2) is 17.9 Å². The number of aryl methyl sites for hydroxylation is 3. The Morgan fingerprint density at radius 2 is 1.83 bits per heavy atom. The van der Waals surface area contributed by atoms with E-state index in [4.69, 9.17) is 8.83 Å². The number of fused-ring (bicyclic) bond motifs is 2. The van der Waals surface area contributed by atoms with Gasteiger partial charge in [-0.05, 0) is 43.9 Å². The fourth-order valence-corrected chi connectivity index (χ4v) is 3.58. The number of aliphatic carboxylic acids is 1. The van der Waals surface area contributed by atoms with Crippen molar-refractivity contribution in [1.82, 2.24) is 5.32 Å². The van der Waals surface area contributed by atoms with E-state index in [-0.39, 0.29) is 17.9 Å². The Morgan fingerprint density at radius 3 is 2.45 bits per heavy atom. The van der Waals surface area contributed by atoms with Crippen LogP contribution in [0.25, 0.3) is 21.9 Å². The van der Waals surface area contributed by atoms with E-state index in [9.17, 15) is 19.5 Å². The molecular weight excluding hydrogens is 374 g/mol. The molecule has 0 radical (unpaired) electrons. The van der Waals surface area contributed by atoms with E-state index in [2.05, 4.69) is 5.32 Å². The molecular formula is C22H24NO6-. The van der Waals surface area contributed by atoms with Gasteiger partial charge in [0.15, 0.2) is 0 Å². The van der Waals surface area contributed by atoms with Crippen molar-refractivity contribution in [2.45, 2.75) is 53.5 Å². The van der Waals surface area contributed by atoms with Gasteiger partial charge in [-0.2, -0.15) is 0 Å². The lowest BCUT2D eigenvalue weighted by Gasteiger charge is -2.25. The zero-order valence-corrected chi connectivity index (χ0v) is 17.2. The number of carboxylic acid groups (broad SMARTS) is 1. The summed E-state index contributed by atoms with van der Waals surface area (Å²) in [6.45, 7) is 9.05. The molecule has 154 valence electrons. The van der Waals surface area contributed by atoms with E-state index in [0.717, 1.165) is 21.9 Å². The predicted octanol–water partition coefficient (Wildman–Crippen LogP) is 2.29. The van der Waals surface area contributed by atoms with Crippen LogP contribution in [0.4, 0.5) is 0 Å². The van der Waals surface area contributed by atoms with E-state index in [1.54, 1.807) is 20.1 Å². The third kappa shape index (κ3) is 3.64. The molecule has 7 nitrogen and oxygen atoms in total. The van der Waals surface area contributed by atoms with Crippen molar-refractivity contribution in [2.24, 2.45) is 5.92 Å². The summed E-state index contributed by atoms with van der Waals surface area (Å²) in [6.07, 6.45) is 1.94. The molecule has 2 heterocycles. The molecule has 2 atom stereocenters. The van der Waals surface area contributed by atoms with Gasteiger partial charge in [0, 0.05) is 16.3 Å². The second-order valence-corrected chi connectivity index (χ2v) is 7.59. The second kappa shape index (κ2) is 7.73. The van der Waals surface area contributed by atoms with E-state index < -0.39 is 23.5 Å². The van der Waals surface area contributed by atoms with Gasteiger partial charge in [-0.25, -0.2) is 4.79 Å². The van der Waals surface area contributed by atoms with Crippen molar-refractivity contribution in [3.05, 3.63) is 45.0 Å². The first-order chi connectivity index (χ1) is 13.6. The Bertz CT molecular complexity index is 1170. The minimum Gasteiger partial charge on any atom is -0.548 e. The first-order valence-corrected chi connectivity index (χ1v) is 9.59. The Morgan fingerprint density at radius 1 is 1.14 bits per heavy atom. The van der Waals surface area contributed by atoms with Crippen LogP contribution in [0.1, 0.15) is 42.5 Å². The molecule has 0 bridgehead atoms. The molecule has 1 aromatic carbocycles. The maximum atomic E-state index is 12.6. The zero-order chi connectivity index (χ0) is 21.5. The van der Waals surface area contributed by atoms with Gasteiger partial charge >= 0.3 is 5.63 Å². The third-order valence-electron chi connectivity index (χ3n) is 5.66. The van der Waals surface area contributed by atoms with Crippen molar-refractivity contribution >= 4 is 33.8 Å². The number of furan rings is 1. The van der Waals surface area contributed by atoms with Crippen molar-refractivity contribution < 1.29 is 23.5 Å². The summed E-state index contributed by atoms with van der Waals surface area (Å²) < 4.78 is 11.1. The van der Waals surface area contributed by atoms with Crippen LogP contribution < -0.4 is 16.0 Å². The summed E-state index contributed by atoms with van der Waals surface area (Å²) in [4.78, 5) is 36.4. The minimum absolute atomic E-state index is 0.205. The molecule has 29 heavy (non-hydrogen) atoms.